The smallest absolute Gasteiger partial charge is 0.123 e. The summed E-state index contributed by atoms with van der Waals surface area (Å²) < 4.78 is 13.0. The Balaban J connectivity index is 2.35. The Bertz CT molecular complexity index is 491. The van der Waals surface area contributed by atoms with Crippen LogP contribution in [0.5, 0.6) is 0 Å². The van der Waals surface area contributed by atoms with E-state index in [0.717, 1.165) is 29.1 Å². The zero-order valence-electron chi connectivity index (χ0n) is 9.34. The average molecular weight is 219 g/mol. The molecule has 0 spiro atoms. The third-order valence-corrected chi connectivity index (χ3v) is 2.46. The van der Waals surface area contributed by atoms with Crippen molar-refractivity contribution < 1.29 is 4.39 Å². The highest BCUT2D eigenvalue weighted by molar-refractivity contribution is 5.63. The summed E-state index contributed by atoms with van der Waals surface area (Å²) in [4.78, 5) is 0. The molecule has 0 atom stereocenters. The Hall–Kier alpha value is -1.68. The van der Waals surface area contributed by atoms with Crippen molar-refractivity contribution in [2.75, 3.05) is 7.05 Å². The first kappa shape index (κ1) is 10.8. The van der Waals surface area contributed by atoms with Crippen LogP contribution in [0.1, 0.15) is 11.3 Å². The topological polar surface area (TPSA) is 40.7 Å². The van der Waals surface area contributed by atoms with Gasteiger partial charge in [0.05, 0.1) is 5.69 Å². The van der Waals surface area contributed by atoms with Crippen molar-refractivity contribution in [3.05, 3.63) is 41.3 Å². The van der Waals surface area contributed by atoms with E-state index in [-0.39, 0.29) is 5.82 Å². The van der Waals surface area contributed by atoms with Gasteiger partial charge in [0, 0.05) is 17.8 Å². The molecule has 0 saturated carbocycles. The van der Waals surface area contributed by atoms with Gasteiger partial charge < -0.3 is 5.32 Å². The summed E-state index contributed by atoms with van der Waals surface area (Å²) in [6, 6.07) is 6.69. The lowest BCUT2D eigenvalue weighted by Crippen LogP contribution is -2.04. The predicted octanol–water partition coefficient (Wildman–Crippen LogP) is 2.24. The summed E-state index contributed by atoms with van der Waals surface area (Å²) >= 11 is 0. The summed E-state index contributed by atoms with van der Waals surface area (Å²) in [7, 11) is 1.88. The maximum Gasteiger partial charge on any atom is 0.123 e. The molecule has 0 aliphatic rings. The number of aromatic amines is 1. The second-order valence-corrected chi connectivity index (χ2v) is 3.77. The van der Waals surface area contributed by atoms with Crippen LogP contribution in [0.3, 0.4) is 0 Å². The molecular formula is C12H14FN3. The highest BCUT2D eigenvalue weighted by atomic mass is 19.1. The molecule has 0 bridgehead atoms. The highest BCUT2D eigenvalue weighted by Crippen LogP contribution is 2.22. The molecule has 0 radical (unpaired) electrons. The molecule has 1 aromatic carbocycles. The second-order valence-electron chi connectivity index (χ2n) is 3.77. The number of aryl methyl sites for hydroxylation is 1. The number of benzene rings is 1. The van der Waals surface area contributed by atoms with Crippen LogP contribution in [0.2, 0.25) is 0 Å². The average Bonchev–Trinajstić information content (AvgIpc) is 2.67. The molecule has 3 nitrogen and oxygen atoms in total. The van der Waals surface area contributed by atoms with E-state index >= 15 is 0 Å². The number of aromatic nitrogens is 2. The molecule has 0 aliphatic heterocycles. The molecule has 0 aliphatic carbocycles. The molecule has 0 saturated heterocycles. The number of halogens is 1. The van der Waals surface area contributed by atoms with Crippen LogP contribution >= 0.6 is 0 Å². The number of H-pyrrole nitrogens is 1. The van der Waals surface area contributed by atoms with Crippen molar-refractivity contribution in [3.8, 4) is 11.3 Å². The largest absolute Gasteiger partial charge is 0.314 e. The van der Waals surface area contributed by atoms with E-state index < -0.39 is 0 Å². The number of rotatable bonds is 3. The molecule has 1 aromatic heterocycles. The monoisotopic (exact) mass is 219 g/mol. The van der Waals surface area contributed by atoms with Gasteiger partial charge in [-0.1, -0.05) is 0 Å². The van der Waals surface area contributed by atoms with Gasteiger partial charge in [0.2, 0.25) is 0 Å². The van der Waals surface area contributed by atoms with E-state index in [1.54, 1.807) is 6.07 Å². The highest BCUT2D eigenvalue weighted by Gasteiger charge is 2.06. The normalized spacial score (nSPS) is 10.7. The summed E-state index contributed by atoms with van der Waals surface area (Å²) in [5.41, 5.74) is 3.71. The molecule has 2 N–H and O–H groups in total. The summed E-state index contributed by atoms with van der Waals surface area (Å²) in [6.07, 6.45) is 0. The summed E-state index contributed by atoms with van der Waals surface area (Å²) in [6.45, 7) is 2.62. The van der Waals surface area contributed by atoms with Gasteiger partial charge in [0.15, 0.2) is 0 Å². The third-order valence-electron chi connectivity index (χ3n) is 2.46. The Morgan fingerprint density at radius 1 is 1.38 bits per heavy atom. The summed E-state index contributed by atoms with van der Waals surface area (Å²) in [5.74, 6) is -0.216. The van der Waals surface area contributed by atoms with Gasteiger partial charge in [-0.2, -0.15) is 5.10 Å². The van der Waals surface area contributed by atoms with Gasteiger partial charge in [-0.05, 0) is 43.8 Å². The standard InChI is InChI=1S/C12H14FN3/c1-8-5-9(13)3-4-11(8)12-6-10(7-14-2)15-16-12/h3-6,14H,7H2,1-2H3,(H,15,16). The van der Waals surface area contributed by atoms with E-state index in [9.17, 15) is 4.39 Å². The number of hydrogen-bond donors (Lipinski definition) is 2. The minimum atomic E-state index is -0.216. The van der Waals surface area contributed by atoms with Gasteiger partial charge in [-0.15, -0.1) is 0 Å². The van der Waals surface area contributed by atoms with Gasteiger partial charge in [-0.25, -0.2) is 4.39 Å². The lowest BCUT2D eigenvalue weighted by Gasteiger charge is -2.01. The number of nitrogens with zero attached hydrogens (tertiary/aromatic N) is 1. The molecule has 1 heterocycles. The Labute approximate surface area is 93.7 Å². The Kier molecular flexibility index (Phi) is 3.01. The van der Waals surface area contributed by atoms with Crippen molar-refractivity contribution in [2.45, 2.75) is 13.5 Å². The zero-order valence-corrected chi connectivity index (χ0v) is 9.34. The molecule has 0 fully saturated rings. The van der Waals surface area contributed by atoms with Crippen molar-refractivity contribution in [3.63, 3.8) is 0 Å². The predicted molar refractivity (Wildman–Crippen MR) is 61.5 cm³/mol. The SMILES string of the molecule is CNCc1cc(-c2ccc(F)cc2C)n[nH]1. The first-order valence-corrected chi connectivity index (χ1v) is 5.16. The molecule has 16 heavy (non-hydrogen) atoms. The quantitative estimate of drug-likeness (QED) is 0.831. The van der Waals surface area contributed by atoms with Crippen LogP contribution < -0.4 is 5.32 Å². The molecule has 0 unspecified atom stereocenters. The second kappa shape index (κ2) is 4.45. The Morgan fingerprint density at radius 2 is 2.19 bits per heavy atom. The first-order valence-electron chi connectivity index (χ1n) is 5.16. The van der Waals surface area contributed by atoms with Crippen LogP contribution in [-0.4, -0.2) is 17.2 Å². The van der Waals surface area contributed by atoms with E-state index in [4.69, 9.17) is 0 Å². The van der Waals surface area contributed by atoms with E-state index in [1.807, 2.05) is 20.0 Å². The fraction of sp³-hybridized carbons (Fsp3) is 0.250. The van der Waals surface area contributed by atoms with E-state index in [2.05, 4.69) is 15.5 Å². The van der Waals surface area contributed by atoms with Crippen molar-refractivity contribution in [1.82, 2.24) is 15.5 Å². The lowest BCUT2D eigenvalue weighted by atomic mass is 10.1. The van der Waals surface area contributed by atoms with Crippen LogP contribution in [0.15, 0.2) is 24.3 Å². The molecule has 84 valence electrons. The lowest BCUT2D eigenvalue weighted by molar-refractivity contribution is 0.627. The van der Waals surface area contributed by atoms with Gasteiger partial charge in [0.1, 0.15) is 5.82 Å². The minimum absolute atomic E-state index is 0.216. The van der Waals surface area contributed by atoms with E-state index in [1.165, 1.54) is 12.1 Å². The zero-order chi connectivity index (χ0) is 11.5. The fourth-order valence-corrected chi connectivity index (χ4v) is 1.70. The van der Waals surface area contributed by atoms with Crippen molar-refractivity contribution in [1.29, 1.82) is 0 Å². The number of nitrogens with one attached hydrogen (secondary N) is 2. The molecule has 2 rings (SSSR count). The van der Waals surface area contributed by atoms with Crippen LogP contribution in [-0.2, 0) is 6.54 Å². The van der Waals surface area contributed by atoms with Crippen LogP contribution in [0.25, 0.3) is 11.3 Å². The van der Waals surface area contributed by atoms with E-state index in [0.29, 0.717) is 0 Å². The van der Waals surface area contributed by atoms with Crippen LogP contribution in [0, 0.1) is 12.7 Å². The van der Waals surface area contributed by atoms with Gasteiger partial charge in [0.25, 0.3) is 0 Å². The molecule has 2 aromatic rings. The Morgan fingerprint density at radius 3 is 2.88 bits per heavy atom. The molecule has 0 amide bonds. The summed E-state index contributed by atoms with van der Waals surface area (Å²) in [5, 5.41) is 10.2. The molecule has 4 heteroatoms. The fourth-order valence-electron chi connectivity index (χ4n) is 1.70. The van der Waals surface area contributed by atoms with Crippen molar-refractivity contribution in [2.24, 2.45) is 0 Å². The molecular weight excluding hydrogens is 205 g/mol. The van der Waals surface area contributed by atoms with Gasteiger partial charge >= 0.3 is 0 Å². The third kappa shape index (κ3) is 2.12. The number of hydrogen-bond acceptors (Lipinski definition) is 2. The maximum atomic E-state index is 13.0. The van der Waals surface area contributed by atoms with Crippen molar-refractivity contribution >= 4 is 0 Å². The van der Waals surface area contributed by atoms with Gasteiger partial charge in [-0.3, -0.25) is 5.10 Å². The maximum absolute atomic E-state index is 13.0. The first-order chi connectivity index (χ1) is 7.70. The minimum Gasteiger partial charge on any atom is -0.314 e. The van der Waals surface area contributed by atoms with Crippen LogP contribution in [0.4, 0.5) is 4.39 Å².